The van der Waals surface area contributed by atoms with Gasteiger partial charge < -0.3 is 14.6 Å². The summed E-state index contributed by atoms with van der Waals surface area (Å²) in [5.74, 6) is 0.506. The van der Waals surface area contributed by atoms with Crippen molar-refractivity contribution < 1.29 is 14.6 Å². The van der Waals surface area contributed by atoms with E-state index in [1.165, 1.54) is 0 Å². The second kappa shape index (κ2) is 10.2. The van der Waals surface area contributed by atoms with Crippen molar-refractivity contribution in [3.63, 3.8) is 0 Å². The molecule has 0 saturated carbocycles. The number of aliphatic hydroxyl groups excluding tert-OH is 1. The molecule has 1 N–H and O–H groups in total. The van der Waals surface area contributed by atoms with Crippen LogP contribution in [-0.2, 0) is 16.9 Å². The normalized spacial score (nSPS) is 16.8. The third-order valence-corrected chi connectivity index (χ3v) is 8.35. The van der Waals surface area contributed by atoms with Crippen LogP contribution in [0.1, 0.15) is 18.1 Å². The molecule has 6 nitrogen and oxygen atoms in total. The number of benzene rings is 3. The van der Waals surface area contributed by atoms with E-state index in [-0.39, 0.29) is 13.2 Å². The number of hydrogen-bond acceptors (Lipinski definition) is 5. The fourth-order valence-corrected chi connectivity index (χ4v) is 5.95. The third kappa shape index (κ3) is 4.62. The van der Waals surface area contributed by atoms with Gasteiger partial charge in [0, 0.05) is 27.2 Å². The molecule has 0 fully saturated rings. The quantitative estimate of drug-likeness (QED) is 0.203. The van der Waals surface area contributed by atoms with E-state index in [1.54, 1.807) is 23.9 Å². The fraction of sp³-hybridized carbons (Fsp3) is 0.200. The predicted octanol–water partition coefficient (Wildman–Crippen LogP) is 7.50. The molecule has 9 heteroatoms. The highest BCUT2D eigenvalue weighted by molar-refractivity contribution is 9.10. The highest BCUT2D eigenvalue weighted by Gasteiger charge is 2.45. The summed E-state index contributed by atoms with van der Waals surface area (Å²) < 4.78 is 15.0. The van der Waals surface area contributed by atoms with Crippen molar-refractivity contribution >= 4 is 50.0 Å². The van der Waals surface area contributed by atoms with Crippen molar-refractivity contribution in [1.29, 1.82) is 0 Å². The Morgan fingerprint density at radius 3 is 2.67 bits per heavy atom. The minimum atomic E-state index is -0.878. The van der Waals surface area contributed by atoms with Gasteiger partial charge in [0.2, 0.25) is 5.88 Å². The number of fused-ring (bicyclic) bond motifs is 5. The molecule has 0 bridgehead atoms. The van der Waals surface area contributed by atoms with Gasteiger partial charge in [0.1, 0.15) is 5.60 Å². The van der Waals surface area contributed by atoms with Crippen molar-refractivity contribution in [2.24, 2.45) is 0 Å². The molecule has 2 heterocycles. The van der Waals surface area contributed by atoms with Crippen LogP contribution in [-0.4, -0.2) is 39.7 Å². The summed E-state index contributed by atoms with van der Waals surface area (Å²) in [7, 11) is 1.62. The van der Waals surface area contributed by atoms with Crippen molar-refractivity contribution in [2.75, 3.05) is 13.7 Å². The van der Waals surface area contributed by atoms with Crippen LogP contribution in [0.3, 0.4) is 0 Å². The van der Waals surface area contributed by atoms with E-state index in [4.69, 9.17) is 37.7 Å². The lowest BCUT2D eigenvalue weighted by Gasteiger charge is -2.30. The third-order valence-electron chi connectivity index (χ3n) is 7.11. The minimum Gasteiger partial charge on any atom is -0.481 e. The molecule has 1 aliphatic rings. The highest BCUT2D eigenvalue weighted by atomic mass is 79.9. The summed E-state index contributed by atoms with van der Waals surface area (Å²) in [5, 5.41) is 17.5. The van der Waals surface area contributed by atoms with Gasteiger partial charge in [0.05, 0.1) is 53.2 Å². The van der Waals surface area contributed by atoms with E-state index < -0.39 is 11.7 Å². The molecule has 2 unspecified atom stereocenters. The first-order chi connectivity index (χ1) is 18.8. The molecule has 3 aromatic carbocycles. The number of ether oxygens (including phenoxy) is 2. The standard InChI is InChI=1S/C30H24BrCl2N3O3/c1-30(39-16-19(37)15-36-12-11-25(35-36)17-7-9-23(32)24(33)13-17)22-6-4-3-5-20(22)27-21-14-18(31)8-10-26(21)34-29(38-2)28(27)30/h3-14,19,37H,15-16H2,1-2H3. The topological polar surface area (TPSA) is 69.4 Å². The van der Waals surface area contributed by atoms with E-state index in [0.29, 0.717) is 15.9 Å². The molecule has 0 saturated heterocycles. The molecule has 198 valence electrons. The molecule has 0 amide bonds. The molecule has 2 aromatic heterocycles. The Bertz CT molecular complexity index is 1720. The predicted molar refractivity (Wildman–Crippen MR) is 158 cm³/mol. The molecular formula is C30H24BrCl2N3O3. The number of nitrogens with zero attached hydrogens (tertiary/aromatic N) is 3. The lowest BCUT2D eigenvalue weighted by molar-refractivity contribution is -0.0535. The molecule has 0 spiro atoms. The van der Waals surface area contributed by atoms with Gasteiger partial charge in [0.25, 0.3) is 0 Å². The van der Waals surface area contributed by atoms with Crippen LogP contribution >= 0.6 is 39.1 Å². The number of rotatable bonds is 7. The number of pyridine rings is 1. The fourth-order valence-electron chi connectivity index (χ4n) is 5.29. The highest BCUT2D eigenvalue weighted by Crippen LogP contribution is 2.55. The first kappa shape index (κ1) is 26.3. The van der Waals surface area contributed by atoms with Crippen LogP contribution in [0.5, 0.6) is 5.88 Å². The summed E-state index contributed by atoms with van der Waals surface area (Å²) in [5.41, 5.74) is 5.49. The summed E-state index contributed by atoms with van der Waals surface area (Å²) >= 11 is 15.8. The second-order valence-electron chi connectivity index (χ2n) is 9.63. The van der Waals surface area contributed by atoms with Crippen molar-refractivity contribution in [3.05, 3.63) is 98.6 Å². The van der Waals surface area contributed by atoms with Gasteiger partial charge in [-0.05, 0) is 54.4 Å². The monoisotopic (exact) mass is 623 g/mol. The van der Waals surface area contributed by atoms with Crippen LogP contribution in [0.15, 0.2) is 77.4 Å². The maximum Gasteiger partial charge on any atom is 0.220 e. The van der Waals surface area contributed by atoms with Gasteiger partial charge in [-0.3, -0.25) is 4.68 Å². The number of halogens is 3. The van der Waals surface area contributed by atoms with Crippen LogP contribution in [0.4, 0.5) is 0 Å². The van der Waals surface area contributed by atoms with Gasteiger partial charge in [-0.25, -0.2) is 4.98 Å². The Kier molecular flexibility index (Phi) is 6.90. The number of aliphatic hydroxyl groups is 1. The van der Waals surface area contributed by atoms with E-state index in [0.717, 1.165) is 48.9 Å². The van der Waals surface area contributed by atoms with Crippen molar-refractivity contribution in [2.45, 2.75) is 25.2 Å². The maximum absolute atomic E-state index is 11.0. The largest absolute Gasteiger partial charge is 0.481 e. The van der Waals surface area contributed by atoms with E-state index in [2.05, 4.69) is 39.2 Å². The van der Waals surface area contributed by atoms with E-state index in [1.807, 2.05) is 49.5 Å². The van der Waals surface area contributed by atoms with Crippen LogP contribution in [0.2, 0.25) is 10.0 Å². The van der Waals surface area contributed by atoms with E-state index in [9.17, 15) is 5.11 Å². The Morgan fingerprint density at radius 2 is 1.87 bits per heavy atom. The number of aromatic nitrogens is 3. The molecular weight excluding hydrogens is 601 g/mol. The summed E-state index contributed by atoms with van der Waals surface area (Å²) in [6.45, 7) is 2.34. The zero-order valence-corrected chi connectivity index (χ0v) is 24.3. The molecule has 0 radical (unpaired) electrons. The van der Waals surface area contributed by atoms with Gasteiger partial charge in [-0.2, -0.15) is 5.10 Å². The molecule has 1 aliphatic carbocycles. The molecule has 6 rings (SSSR count). The Labute approximate surface area is 244 Å². The Hall–Kier alpha value is -2.94. The van der Waals surface area contributed by atoms with Crippen LogP contribution in [0.25, 0.3) is 33.3 Å². The lowest BCUT2D eigenvalue weighted by atomic mass is 9.93. The zero-order chi connectivity index (χ0) is 27.3. The Balaban J connectivity index is 1.29. The first-order valence-electron chi connectivity index (χ1n) is 12.4. The molecule has 39 heavy (non-hydrogen) atoms. The maximum atomic E-state index is 11.0. The zero-order valence-electron chi connectivity index (χ0n) is 21.2. The minimum absolute atomic E-state index is 0.0753. The van der Waals surface area contributed by atoms with E-state index >= 15 is 0 Å². The summed E-state index contributed by atoms with van der Waals surface area (Å²) in [6, 6.07) is 21.4. The lowest BCUT2D eigenvalue weighted by Crippen LogP contribution is -2.32. The molecule has 0 aliphatic heterocycles. The van der Waals surface area contributed by atoms with Crippen molar-refractivity contribution in [1.82, 2.24) is 14.8 Å². The average Bonchev–Trinajstić information content (AvgIpc) is 3.50. The summed E-state index contributed by atoms with van der Waals surface area (Å²) in [6.07, 6.45) is 1.01. The van der Waals surface area contributed by atoms with Gasteiger partial charge in [-0.15, -0.1) is 0 Å². The van der Waals surface area contributed by atoms with Gasteiger partial charge in [0.15, 0.2) is 0 Å². The average molecular weight is 625 g/mol. The Morgan fingerprint density at radius 1 is 1.05 bits per heavy atom. The van der Waals surface area contributed by atoms with Crippen molar-refractivity contribution in [3.8, 4) is 28.3 Å². The number of hydrogen-bond donors (Lipinski definition) is 1. The van der Waals surface area contributed by atoms with Crippen LogP contribution < -0.4 is 4.74 Å². The first-order valence-corrected chi connectivity index (χ1v) is 13.9. The number of methoxy groups -OCH3 is 1. The second-order valence-corrected chi connectivity index (χ2v) is 11.4. The van der Waals surface area contributed by atoms with Gasteiger partial charge in [-0.1, -0.05) is 69.5 Å². The van der Waals surface area contributed by atoms with Crippen LogP contribution in [0, 0.1) is 0 Å². The molecule has 2 atom stereocenters. The SMILES string of the molecule is COc1nc2ccc(Br)cc2c2c1C(C)(OCC(O)Cn1ccc(-c3ccc(Cl)c(Cl)c3)n1)c1ccccc1-2. The van der Waals surface area contributed by atoms with Gasteiger partial charge >= 0.3 is 0 Å². The molecule has 5 aromatic rings. The summed E-state index contributed by atoms with van der Waals surface area (Å²) in [4.78, 5) is 4.81. The smallest absolute Gasteiger partial charge is 0.220 e.